The molecule has 0 saturated heterocycles. The van der Waals surface area contributed by atoms with Crippen LogP contribution in [0, 0.1) is 5.92 Å². The zero-order valence-corrected chi connectivity index (χ0v) is 43.9. The van der Waals surface area contributed by atoms with Gasteiger partial charge in [-0.15, -0.1) is 0 Å². The average molecular weight is 919 g/mol. The normalized spacial score (nSPS) is 12.0. The molecule has 1 amide bonds. The van der Waals surface area contributed by atoms with Gasteiger partial charge < -0.3 is 64.3 Å². The van der Waals surface area contributed by atoms with E-state index in [2.05, 4.69) is 31.5 Å². The molecule has 0 atom stereocenters. The smallest absolute Gasteiger partial charge is 0.376 e. The average Bonchev–Trinajstić information content (AvgIpc) is 3.24. The lowest BCUT2D eigenvalue weighted by Crippen LogP contribution is -2.47. The first kappa shape index (κ1) is 64.4. The molecule has 0 aliphatic carbocycles. The van der Waals surface area contributed by atoms with Crippen molar-refractivity contribution in [3.05, 3.63) is 0 Å². The largest absolute Gasteiger partial charge is 0.437 e. The summed E-state index contributed by atoms with van der Waals surface area (Å²) in [7, 11) is 0.479. The van der Waals surface area contributed by atoms with Crippen LogP contribution in [0.25, 0.3) is 0 Å². The lowest BCUT2D eigenvalue weighted by molar-refractivity contribution is -0.121. The van der Waals surface area contributed by atoms with Gasteiger partial charge in [0.15, 0.2) is 0 Å². The second-order valence-corrected chi connectivity index (χ2v) is 19.6. The van der Waals surface area contributed by atoms with Gasteiger partial charge in [0.25, 0.3) is 0 Å². The highest BCUT2D eigenvalue weighted by atomic mass is 16.2. The summed E-state index contributed by atoms with van der Waals surface area (Å²) in [6.45, 7) is 21.2. The maximum absolute atomic E-state index is 12.5. The third kappa shape index (κ3) is 37.0. The quantitative estimate of drug-likeness (QED) is 0.0305. The molecule has 0 saturated carbocycles. The Morgan fingerprint density at radius 1 is 0.415 bits per heavy atom. The number of carbonyl (C=O) groups excluding carboxylic acids is 1. The van der Waals surface area contributed by atoms with Crippen molar-refractivity contribution in [3.8, 4) is 0 Å². The molecule has 20 heteroatoms. The summed E-state index contributed by atoms with van der Waals surface area (Å²) in [6.07, 6.45) is 25.1. The second kappa shape index (κ2) is 42.3. The van der Waals surface area contributed by atoms with Crippen molar-refractivity contribution in [1.29, 1.82) is 0 Å². The fourth-order valence-electron chi connectivity index (χ4n) is 8.59. The van der Waals surface area contributed by atoms with Crippen LogP contribution in [0.4, 0.5) is 0 Å². The van der Waals surface area contributed by atoms with E-state index in [1.54, 1.807) is 27.3 Å². The fourth-order valence-corrected chi connectivity index (χ4v) is 8.59. The van der Waals surface area contributed by atoms with Crippen LogP contribution in [-0.4, -0.2) is 193 Å². The number of nitrogens with zero attached hydrogens (tertiary/aromatic N) is 6. The molecule has 0 radical (unpaired) electrons. The Morgan fingerprint density at radius 2 is 0.754 bits per heavy atom. The van der Waals surface area contributed by atoms with E-state index in [4.69, 9.17) is 0 Å². The van der Waals surface area contributed by atoms with E-state index in [-0.39, 0.29) is 11.8 Å². The van der Waals surface area contributed by atoms with Crippen molar-refractivity contribution < 1.29 is 34.9 Å². The van der Waals surface area contributed by atoms with Crippen LogP contribution in [0.15, 0.2) is 0 Å². The summed E-state index contributed by atoms with van der Waals surface area (Å²) in [6, 6.07) is 0. The fraction of sp³-hybridized carbons (Fsp3) is 0.978. The van der Waals surface area contributed by atoms with Crippen LogP contribution in [-0.2, 0) is 4.79 Å². The zero-order valence-electron chi connectivity index (χ0n) is 43.9. The van der Waals surface area contributed by atoms with Crippen LogP contribution in [0.2, 0.25) is 40.9 Å². The zero-order chi connectivity index (χ0) is 48.8. The molecule has 65 heavy (non-hydrogen) atoms. The highest BCUT2D eigenvalue weighted by Gasteiger charge is 2.26. The van der Waals surface area contributed by atoms with Crippen LogP contribution >= 0.6 is 0 Å². The SMILES string of the molecule is CCCCCCCCCCCCCC(=O)NCCCCCCC(CN(CCCCN(CCCN(C)B(C)O)B(C)O)B(C)O)CN(CCCCN(CCCN(C)B(C)O)B(C)O)B(C)O. The number of carbonyl (C=O) groups is 1. The molecule has 0 aromatic heterocycles. The molecule has 14 nitrogen and oxygen atoms in total. The van der Waals surface area contributed by atoms with Crippen molar-refractivity contribution >= 4 is 48.2 Å². The van der Waals surface area contributed by atoms with Crippen LogP contribution < -0.4 is 5.32 Å². The Kier molecular flexibility index (Phi) is 41.9. The summed E-state index contributed by atoms with van der Waals surface area (Å²) in [4.78, 5) is 24.7. The maximum atomic E-state index is 12.5. The van der Waals surface area contributed by atoms with Crippen LogP contribution in [0.3, 0.4) is 0 Å². The summed E-state index contributed by atoms with van der Waals surface area (Å²) < 4.78 is 0. The van der Waals surface area contributed by atoms with Crippen molar-refractivity contribution in [2.24, 2.45) is 5.92 Å². The molecule has 0 aliphatic rings. The van der Waals surface area contributed by atoms with E-state index in [1.165, 1.54) is 57.8 Å². The van der Waals surface area contributed by atoms with E-state index in [0.29, 0.717) is 6.42 Å². The third-order valence-corrected chi connectivity index (χ3v) is 13.4. The van der Waals surface area contributed by atoms with Gasteiger partial charge in [-0.1, -0.05) is 90.4 Å². The van der Waals surface area contributed by atoms with Crippen molar-refractivity contribution in [2.45, 2.75) is 196 Å². The number of hydrogen-bond acceptors (Lipinski definition) is 13. The van der Waals surface area contributed by atoms with Crippen molar-refractivity contribution in [1.82, 2.24) is 34.2 Å². The Morgan fingerprint density at radius 3 is 1.14 bits per heavy atom. The highest BCUT2D eigenvalue weighted by Crippen LogP contribution is 2.18. The van der Waals surface area contributed by atoms with Crippen molar-refractivity contribution in [3.63, 3.8) is 0 Å². The van der Waals surface area contributed by atoms with E-state index in [9.17, 15) is 34.9 Å². The summed E-state index contributed by atoms with van der Waals surface area (Å²) >= 11 is 0. The highest BCUT2D eigenvalue weighted by molar-refractivity contribution is 6.46. The molecule has 0 aromatic rings. The van der Waals surface area contributed by atoms with Crippen LogP contribution in [0.5, 0.6) is 0 Å². The van der Waals surface area contributed by atoms with Gasteiger partial charge in [0.05, 0.1) is 0 Å². The van der Waals surface area contributed by atoms with Gasteiger partial charge in [-0.2, -0.15) is 0 Å². The summed E-state index contributed by atoms with van der Waals surface area (Å²) in [5, 5.41) is 65.6. The van der Waals surface area contributed by atoms with Gasteiger partial charge in [-0.05, 0) is 184 Å². The lowest BCUT2D eigenvalue weighted by atomic mass is 9.80. The van der Waals surface area contributed by atoms with E-state index < -0.39 is 42.3 Å². The predicted octanol–water partition coefficient (Wildman–Crippen LogP) is 5.44. The Hall–Kier alpha value is -0.620. The topological polar surface area (TPSA) is 170 Å². The van der Waals surface area contributed by atoms with E-state index >= 15 is 0 Å². The molecule has 0 heterocycles. The van der Waals surface area contributed by atoms with Gasteiger partial charge in [0.2, 0.25) is 5.91 Å². The van der Waals surface area contributed by atoms with Gasteiger partial charge in [0.1, 0.15) is 0 Å². The molecule has 0 rings (SSSR count). The third-order valence-electron chi connectivity index (χ3n) is 13.4. The molecule has 0 fully saturated rings. The van der Waals surface area contributed by atoms with Gasteiger partial charge in [0, 0.05) is 13.0 Å². The van der Waals surface area contributed by atoms with Gasteiger partial charge in [-0.25, -0.2) is 0 Å². The van der Waals surface area contributed by atoms with E-state index in [0.717, 1.165) is 155 Å². The molecule has 0 aromatic carbocycles. The molecule has 0 spiro atoms. The van der Waals surface area contributed by atoms with Crippen molar-refractivity contribution in [2.75, 3.05) is 86.1 Å². The first-order valence-corrected chi connectivity index (χ1v) is 26.7. The summed E-state index contributed by atoms with van der Waals surface area (Å²) in [5.41, 5.74) is 0. The second-order valence-electron chi connectivity index (χ2n) is 19.6. The number of unbranched alkanes of at least 4 members (excludes halogenated alkanes) is 15. The Bertz CT molecular complexity index is 1030. The minimum atomic E-state index is -0.609. The monoisotopic (exact) mass is 920 g/mol. The number of hydrogen-bond donors (Lipinski definition) is 7. The maximum Gasteiger partial charge on any atom is 0.376 e. The standard InChI is InChI=1S/C45H103B6N7O7/c1-10-11-12-13-14-15-16-17-18-19-23-32-45(59)52-33-24-21-20-22-31-44(42-57(50(6)64)38-27-25-36-55(48(4)62)40-29-34-53(8)46(2)60)43-58(51(7)65)39-28-26-37-56(49(5)63)41-30-35-54(9)47(3)61/h44,60-65H,10-43H2,1-9H3,(H,52,59). The minimum Gasteiger partial charge on any atom is -0.437 e. The van der Waals surface area contributed by atoms with Crippen LogP contribution in [0.1, 0.15) is 155 Å². The molecule has 378 valence electrons. The summed E-state index contributed by atoms with van der Waals surface area (Å²) in [5.74, 6) is 0.417. The Labute approximate surface area is 403 Å². The predicted molar refractivity (Wildman–Crippen MR) is 283 cm³/mol. The lowest BCUT2D eigenvalue weighted by Gasteiger charge is -2.33. The van der Waals surface area contributed by atoms with Gasteiger partial charge >= 0.3 is 42.3 Å². The van der Waals surface area contributed by atoms with E-state index in [1.807, 2.05) is 37.4 Å². The molecule has 0 bridgehead atoms. The number of amides is 1. The molecule has 0 unspecified atom stereocenters. The minimum absolute atomic E-state index is 0.177. The number of rotatable bonds is 47. The molecular weight excluding hydrogens is 815 g/mol. The number of nitrogens with one attached hydrogen (secondary N) is 1. The molecular formula is C45H103B6N7O7. The molecule has 7 N–H and O–H groups in total. The molecule has 0 aliphatic heterocycles. The first-order valence-electron chi connectivity index (χ1n) is 26.7. The van der Waals surface area contributed by atoms with Gasteiger partial charge in [-0.3, -0.25) is 4.79 Å². The Balaban J connectivity index is 5.18. The first-order chi connectivity index (χ1) is 31.0.